The summed E-state index contributed by atoms with van der Waals surface area (Å²) >= 11 is 0. The van der Waals surface area contributed by atoms with E-state index in [1.165, 1.54) is 0 Å². The second-order valence-corrected chi connectivity index (χ2v) is 6.79. The third-order valence-electron chi connectivity index (χ3n) is 4.29. The van der Waals surface area contributed by atoms with Gasteiger partial charge in [0.15, 0.2) is 5.41 Å². The Hall–Kier alpha value is -1.90. The molecule has 0 radical (unpaired) electrons. The predicted molar refractivity (Wildman–Crippen MR) is 88.4 cm³/mol. The van der Waals surface area contributed by atoms with Crippen molar-refractivity contribution < 1.29 is 9.53 Å². The molecule has 1 aliphatic rings. The smallest absolute Gasteiger partial charge is 0.327 e. The number of rotatable bonds is 5. The van der Waals surface area contributed by atoms with Crippen LogP contribution in [-0.4, -0.2) is 24.7 Å². The minimum absolute atomic E-state index is 0.401. The molecule has 0 saturated carbocycles. The molecule has 0 aromatic heterocycles. The van der Waals surface area contributed by atoms with Crippen LogP contribution in [0.15, 0.2) is 24.3 Å². The van der Waals surface area contributed by atoms with Crippen LogP contribution in [0.1, 0.15) is 37.8 Å². The summed E-state index contributed by atoms with van der Waals surface area (Å²) in [6.45, 7) is 5.58. The van der Waals surface area contributed by atoms with Crippen molar-refractivity contribution >= 4 is 5.97 Å². The minimum Gasteiger partial charge on any atom is -0.458 e. The van der Waals surface area contributed by atoms with Gasteiger partial charge in [-0.05, 0) is 50.9 Å². The summed E-state index contributed by atoms with van der Waals surface area (Å²) in [5.41, 5.74) is 6.11. The van der Waals surface area contributed by atoms with Crippen LogP contribution in [0.2, 0.25) is 0 Å². The molecular weight excluding hydrogens is 290 g/mol. The van der Waals surface area contributed by atoms with E-state index in [0.29, 0.717) is 38.9 Å². The fraction of sp³-hybridized carbons (Fsp3) is 0.556. The van der Waals surface area contributed by atoms with Gasteiger partial charge in [-0.15, -0.1) is 0 Å². The molecule has 5 heteroatoms. The Morgan fingerprint density at radius 1 is 1.39 bits per heavy atom. The van der Waals surface area contributed by atoms with E-state index in [1.807, 2.05) is 38.1 Å². The quantitative estimate of drug-likeness (QED) is 0.810. The SMILES string of the molecule is CC(C)(Cc1cccc(CN)c1)OC(=O)C1(C#N)CCNCC1. The second kappa shape index (κ2) is 7.12. The molecule has 0 amide bonds. The number of nitrogens with zero attached hydrogens (tertiary/aromatic N) is 1. The summed E-state index contributed by atoms with van der Waals surface area (Å²) in [6, 6.07) is 10.1. The van der Waals surface area contributed by atoms with Gasteiger partial charge in [0.25, 0.3) is 0 Å². The van der Waals surface area contributed by atoms with Gasteiger partial charge in [-0.2, -0.15) is 5.26 Å². The summed E-state index contributed by atoms with van der Waals surface area (Å²) in [4.78, 5) is 12.6. The predicted octanol–water partition coefficient (Wildman–Crippen LogP) is 1.90. The number of esters is 1. The number of carbonyl (C=O) groups is 1. The van der Waals surface area contributed by atoms with Crippen LogP contribution in [0.4, 0.5) is 0 Å². The van der Waals surface area contributed by atoms with Crippen LogP contribution < -0.4 is 11.1 Å². The van der Waals surface area contributed by atoms with E-state index in [0.717, 1.165) is 11.1 Å². The first-order chi connectivity index (χ1) is 10.9. The molecule has 23 heavy (non-hydrogen) atoms. The molecular formula is C18H25N3O2. The number of nitriles is 1. The standard InChI is InChI=1S/C18H25N3O2/c1-17(2,11-14-4-3-5-15(10-14)12-19)23-16(22)18(13-20)6-8-21-9-7-18/h3-5,10,21H,6-9,11-12,19H2,1-2H3. The molecule has 1 aliphatic heterocycles. The van der Waals surface area contributed by atoms with Crippen LogP contribution in [0.3, 0.4) is 0 Å². The molecule has 1 aromatic carbocycles. The lowest BCUT2D eigenvalue weighted by Crippen LogP contribution is -2.45. The van der Waals surface area contributed by atoms with Gasteiger partial charge in [0.05, 0.1) is 6.07 Å². The van der Waals surface area contributed by atoms with Crippen molar-refractivity contribution in [3.63, 3.8) is 0 Å². The third-order valence-corrected chi connectivity index (χ3v) is 4.29. The summed E-state index contributed by atoms with van der Waals surface area (Å²) in [5, 5.41) is 12.6. The van der Waals surface area contributed by atoms with E-state index in [9.17, 15) is 10.1 Å². The topological polar surface area (TPSA) is 88.1 Å². The Bertz CT molecular complexity index is 599. The van der Waals surface area contributed by atoms with E-state index >= 15 is 0 Å². The molecule has 1 aromatic rings. The number of carbonyl (C=O) groups excluding carboxylic acids is 1. The lowest BCUT2D eigenvalue weighted by Gasteiger charge is -2.33. The molecule has 0 unspecified atom stereocenters. The van der Waals surface area contributed by atoms with Crippen LogP contribution >= 0.6 is 0 Å². The van der Waals surface area contributed by atoms with Gasteiger partial charge in [0.2, 0.25) is 0 Å². The highest BCUT2D eigenvalue weighted by Gasteiger charge is 2.43. The zero-order chi connectivity index (χ0) is 16.9. The Morgan fingerprint density at radius 2 is 2.04 bits per heavy atom. The number of nitrogens with one attached hydrogen (secondary N) is 1. The van der Waals surface area contributed by atoms with Crippen molar-refractivity contribution in [3.8, 4) is 6.07 Å². The summed E-state index contributed by atoms with van der Waals surface area (Å²) in [5.74, 6) is -0.401. The molecule has 0 bridgehead atoms. The monoisotopic (exact) mass is 315 g/mol. The van der Waals surface area contributed by atoms with Crippen LogP contribution in [0.25, 0.3) is 0 Å². The molecule has 0 atom stereocenters. The Balaban J connectivity index is 2.07. The highest BCUT2D eigenvalue weighted by atomic mass is 16.6. The van der Waals surface area contributed by atoms with Crippen molar-refractivity contribution in [3.05, 3.63) is 35.4 Å². The first-order valence-electron chi connectivity index (χ1n) is 8.04. The van der Waals surface area contributed by atoms with Gasteiger partial charge in [0, 0.05) is 13.0 Å². The van der Waals surface area contributed by atoms with Crippen molar-refractivity contribution in [1.82, 2.24) is 5.32 Å². The number of hydrogen-bond donors (Lipinski definition) is 2. The van der Waals surface area contributed by atoms with Gasteiger partial charge >= 0.3 is 5.97 Å². The Morgan fingerprint density at radius 3 is 2.65 bits per heavy atom. The van der Waals surface area contributed by atoms with Gasteiger partial charge in [-0.25, -0.2) is 0 Å². The molecule has 3 N–H and O–H groups in total. The Labute approximate surface area is 137 Å². The zero-order valence-corrected chi connectivity index (χ0v) is 13.9. The summed E-state index contributed by atoms with van der Waals surface area (Å²) in [6.07, 6.45) is 1.59. The summed E-state index contributed by atoms with van der Waals surface area (Å²) in [7, 11) is 0. The van der Waals surface area contributed by atoms with Crippen LogP contribution in [0.5, 0.6) is 0 Å². The van der Waals surface area contributed by atoms with E-state index < -0.39 is 17.0 Å². The maximum Gasteiger partial charge on any atom is 0.327 e. The molecule has 124 valence electrons. The van der Waals surface area contributed by atoms with Crippen molar-refractivity contribution in [2.45, 2.75) is 45.3 Å². The van der Waals surface area contributed by atoms with Gasteiger partial charge in [-0.1, -0.05) is 24.3 Å². The van der Waals surface area contributed by atoms with Gasteiger partial charge < -0.3 is 15.8 Å². The van der Waals surface area contributed by atoms with Crippen molar-refractivity contribution in [2.24, 2.45) is 11.1 Å². The summed E-state index contributed by atoms with van der Waals surface area (Å²) < 4.78 is 5.73. The van der Waals surface area contributed by atoms with Crippen LogP contribution in [0, 0.1) is 16.7 Å². The number of benzene rings is 1. The number of hydrogen-bond acceptors (Lipinski definition) is 5. The third kappa shape index (κ3) is 4.31. The first kappa shape index (κ1) is 17.5. The zero-order valence-electron chi connectivity index (χ0n) is 13.9. The molecule has 0 spiro atoms. The number of ether oxygens (including phenoxy) is 1. The second-order valence-electron chi connectivity index (χ2n) is 6.79. The van der Waals surface area contributed by atoms with E-state index in [4.69, 9.17) is 10.5 Å². The van der Waals surface area contributed by atoms with Gasteiger partial charge in [0.1, 0.15) is 5.60 Å². The minimum atomic E-state index is -1.01. The fourth-order valence-electron chi connectivity index (χ4n) is 2.96. The lowest BCUT2D eigenvalue weighted by atomic mass is 9.80. The molecule has 2 rings (SSSR count). The van der Waals surface area contributed by atoms with Gasteiger partial charge in [-0.3, -0.25) is 4.79 Å². The maximum absolute atomic E-state index is 12.6. The first-order valence-corrected chi connectivity index (χ1v) is 8.04. The molecule has 1 saturated heterocycles. The highest BCUT2D eigenvalue weighted by molar-refractivity contribution is 5.80. The number of nitrogens with two attached hydrogens (primary N) is 1. The molecule has 1 fully saturated rings. The average molecular weight is 315 g/mol. The molecule has 5 nitrogen and oxygen atoms in total. The van der Waals surface area contributed by atoms with E-state index in [2.05, 4.69) is 11.4 Å². The largest absolute Gasteiger partial charge is 0.458 e. The van der Waals surface area contributed by atoms with E-state index in [-0.39, 0.29) is 0 Å². The lowest BCUT2D eigenvalue weighted by molar-refractivity contribution is -0.167. The van der Waals surface area contributed by atoms with Crippen molar-refractivity contribution in [1.29, 1.82) is 5.26 Å². The highest BCUT2D eigenvalue weighted by Crippen LogP contribution is 2.32. The van der Waals surface area contributed by atoms with Crippen LogP contribution in [-0.2, 0) is 22.5 Å². The normalized spacial score (nSPS) is 17.3. The average Bonchev–Trinajstić information content (AvgIpc) is 2.54. The maximum atomic E-state index is 12.6. The molecule has 0 aliphatic carbocycles. The fourth-order valence-corrected chi connectivity index (χ4v) is 2.96. The van der Waals surface area contributed by atoms with E-state index in [1.54, 1.807) is 0 Å². The molecule has 1 heterocycles. The number of piperidine rings is 1. The van der Waals surface area contributed by atoms with Crippen molar-refractivity contribution in [2.75, 3.05) is 13.1 Å². The Kier molecular flexibility index (Phi) is 5.40.